The lowest BCUT2D eigenvalue weighted by atomic mass is 9.90. The standard InChI is InChI=1S/C35H39ClN4O2S/c1-20-18-27-33(30(22-8-11-25(36)12-9-22)29(20)32(21(2)41)42-35(3,4)5)43-34(37-27)24-10-13-26-28(19-24)40(7)38-31(26)23-14-16-39(6)17-15-23/h8-13,18-19,23,32H,14-17H2,1-7H3/t32-/m1/s1. The van der Waals surface area contributed by atoms with Gasteiger partial charge in [0.25, 0.3) is 0 Å². The Hall–Kier alpha value is -3.10. The Kier molecular flexibility index (Phi) is 7.96. The van der Waals surface area contributed by atoms with Gasteiger partial charge in [-0.3, -0.25) is 9.48 Å². The molecule has 0 amide bonds. The van der Waals surface area contributed by atoms with E-state index in [1.54, 1.807) is 18.3 Å². The topological polar surface area (TPSA) is 60.2 Å². The van der Waals surface area contributed by atoms with Crippen molar-refractivity contribution in [3.05, 3.63) is 70.4 Å². The number of Topliss-reactive ketones (excluding diaryl/α,β-unsaturated/α-hetero) is 1. The number of aryl methyl sites for hydroxylation is 2. The van der Waals surface area contributed by atoms with Crippen LogP contribution in [0.15, 0.2) is 48.5 Å². The minimum absolute atomic E-state index is 0.0283. The fraction of sp³-hybridized carbons (Fsp3) is 0.400. The number of rotatable bonds is 6. The monoisotopic (exact) mass is 614 g/mol. The molecule has 5 aromatic rings. The van der Waals surface area contributed by atoms with Crippen LogP contribution in [0, 0.1) is 6.92 Å². The van der Waals surface area contributed by atoms with Crippen molar-refractivity contribution in [1.29, 1.82) is 0 Å². The molecule has 0 saturated carbocycles. The van der Waals surface area contributed by atoms with Crippen LogP contribution in [-0.2, 0) is 16.6 Å². The van der Waals surface area contributed by atoms with E-state index in [2.05, 4.69) is 36.2 Å². The quantitative estimate of drug-likeness (QED) is 0.191. The SMILES string of the molecule is CC(=O)[C@@H](OC(C)(C)C)c1c(C)cc2nc(-c3ccc4c(C5CCN(C)CC5)nn(C)c4c3)sc2c1-c1ccc(Cl)cc1. The number of ketones is 1. The van der Waals surface area contributed by atoms with E-state index in [1.807, 2.05) is 63.7 Å². The number of benzene rings is 3. The number of thiazole rings is 1. The number of piperidine rings is 1. The fourth-order valence-electron chi connectivity index (χ4n) is 6.28. The molecule has 0 bridgehead atoms. The van der Waals surface area contributed by atoms with Crippen LogP contribution in [-0.4, -0.2) is 51.2 Å². The van der Waals surface area contributed by atoms with E-state index < -0.39 is 11.7 Å². The summed E-state index contributed by atoms with van der Waals surface area (Å²) in [7, 11) is 4.23. The largest absolute Gasteiger partial charge is 0.360 e. The second kappa shape index (κ2) is 11.4. The van der Waals surface area contributed by atoms with Gasteiger partial charge in [0, 0.05) is 40.1 Å². The summed E-state index contributed by atoms with van der Waals surface area (Å²) in [6, 6.07) is 16.5. The molecule has 1 aliphatic rings. The van der Waals surface area contributed by atoms with Crippen molar-refractivity contribution in [3.8, 4) is 21.7 Å². The number of hydrogen-bond acceptors (Lipinski definition) is 6. The molecule has 43 heavy (non-hydrogen) atoms. The highest BCUT2D eigenvalue weighted by Crippen LogP contribution is 2.45. The first kappa shape index (κ1) is 29.9. The second-order valence-corrected chi connectivity index (χ2v) is 14.3. The van der Waals surface area contributed by atoms with Crippen LogP contribution in [0.3, 0.4) is 0 Å². The molecule has 1 atom stereocenters. The van der Waals surface area contributed by atoms with Crippen molar-refractivity contribution in [2.24, 2.45) is 7.05 Å². The van der Waals surface area contributed by atoms with E-state index in [0.29, 0.717) is 10.9 Å². The van der Waals surface area contributed by atoms with Crippen molar-refractivity contribution in [1.82, 2.24) is 19.7 Å². The predicted molar refractivity (Wildman–Crippen MR) is 178 cm³/mol. The van der Waals surface area contributed by atoms with Gasteiger partial charge in [-0.1, -0.05) is 35.9 Å². The molecule has 1 aliphatic heterocycles. The van der Waals surface area contributed by atoms with Gasteiger partial charge in [0.05, 0.1) is 27.0 Å². The lowest BCUT2D eigenvalue weighted by Crippen LogP contribution is -2.29. The number of fused-ring (bicyclic) bond motifs is 2. The Morgan fingerprint density at radius 2 is 1.72 bits per heavy atom. The van der Waals surface area contributed by atoms with Crippen LogP contribution in [0.2, 0.25) is 5.02 Å². The van der Waals surface area contributed by atoms with Gasteiger partial charge in [0.15, 0.2) is 5.78 Å². The molecule has 0 unspecified atom stereocenters. The molecule has 224 valence electrons. The third kappa shape index (κ3) is 5.88. The maximum absolute atomic E-state index is 13.1. The number of carbonyl (C=O) groups is 1. The van der Waals surface area contributed by atoms with Crippen LogP contribution in [0.5, 0.6) is 0 Å². The number of ether oxygens (including phenoxy) is 1. The average molecular weight is 615 g/mol. The maximum Gasteiger partial charge on any atom is 0.163 e. The van der Waals surface area contributed by atoms with E-state index in [9.17, 15) is 4.79 Å². The van der Waals surface area contributed by atoms with Crippen LogP contribution in [0.25, 0.3) is 42.8 Å². The van der Waals surface area contributed by atoms with Gasteiger partial charge in [-0.2, -0.15) is 5.10 Å². The number of carbonyl (C=O) groups excluding carboxylic acids is 1. The van der Waals surface area contributed by atoms with Gasteiger partial charge in [-0.05, 0) is 103 Å². The Morgan fingerprint density at radius 3 is 2.37 bits per heavy atom. The Morgan fingerprint density at radius 1 is 1.05 bits per heavy atom. The second-order valence-electron chi connectivity index (χ2n) is 12.9. The molecule has 3 heterocycles. The summed E-state index contributed by atoms with van der Waals surface area (Å²) in [6.07, 6.45) is 1.57. The van der Waals surface area contributed by atoms with Crippen LogP contribution >= 0.6 is 22.9 Å². The molecular formula is C35H39ClN4O2S. The molecule has 3 aromatic carbocycles. The summed E-state index contributed by atoms with van der Waals surface area (Å²) in [5.41, 5.74) is 7.61. The number of halogens is 1. The highest BCUT2D eigenvalue weighted by Gasteiger charge is 2.31. The Balaban J connectivity index is 1.51. The van der Waals surface area contributed by atoms with Gasteiger partial charge in [0.2, 0.25) is 0 Å². The summed E-state index contributed by atoms with van der Waals surface area (Å²) in [6.45, 7) is 11.8. The van der Waals surface area contributed by atoms with Gasteiger partial charge < -0.3 is 9.64 Å². The highest BCUT2D eigenvalue weighted by molar-refractivity contribution is 7.22. The van der Waals surface area contributed by atoms with Crippen LogP contribution in [0.1, 0.15) is 69.4 Å². The normalized spacial score (nSPS) is 15.9. The molecule has 1 saturated heterocycles. The minimum atomic E-state index is -0.704. The van der Waals surface area contributed by atoms with Crippen molar-refractivity contribution in [3.63, 3.8) is 0 Å². The molecule has 0 radical (unpaired) electrons. The molecule has 6 nitrogen and oxygen atoms in total. The first-order valence-corrected chi connectivity index (χ1v) is 16.1. The van der Waals surface area contributed by atoms with E-state index in [0.717, 1.165) is 74.5 Å². The highest BCUT2D eigenvalue weighted by atomic mass is 35.5. The fourth-order valence-corrected chi connectivity index (χ4v) is 7.52. The minimum Gasteiger partial charge on any atom is -0.360 e. The number of hydrogen-bond donors (Lipinski definition) is 0. The molecule has 6 rings (SSSR count). The van der Waals surface area contributed by atoms with Gasteiger partial charge >= 0.3 is 0 Å². The lowest BCUT2D eigenvalue weighted by molar-refractivity contribution is -0.138. The van der Waals surface area contributed by atoms with Gasteiger partial charge in [0.1, 0.15) is 11.1 Å². The first-order valence-electron chi connectivity index (χ1n) is 14.9. The van der Waals surface area contributed by atoms with Gasteiger partial charge in [-0.15, -0.1) is 11.3 Å². The summed E-state index contributed by atoms with van der Waals surface area (Å²) in [5.74, 6) is 0.459. The lowest BCUT2D eigenvalue weighted by Gasteiger charge is -2.29. The van der Waals surface area contributed by atoms with E-state index in [1.165, 1.54) is 11.1 Å². The first-order chi connectivity index (χ1) is 20.4. The maximum atomic E-state index is 13.1. The molecule has 8 heteroatoms. The number of likely N-dealkylation sites (tertiary alicyclic amines) is 1. The molecule has 0 spiro atoms. The van der Waals surface area contributed by atoms with Crippen molar-refractivity contribution in [2.45, 2.75) is 65.1 Å². The molecule has 2 aromatic heterocycles. The van der Waals surface area contributed by atoms with E-state index in [-0.39, 0.29) is 5.78 Å². The molecule has 0 N–H and O–H groups in total. The molecule has 0 aliphatic carbocycles. The smallest absolute Gasteiger partial charge is 0.163 e. The van der Waals surface area contributed by atoms with Crippen LogP contribution < -0.4 is 0 Å². The Bertz CT molecular complexity index is 1830. The van der Waals surface area contributed by atoms with Crippen molar-refractivity contribution >= 4 is 49.8 Å². The zero-order valence-corrected chi connectivity index (χ0v) is 27.6. The average Bonchev–Trinajstić information content (AvgIpc) is 3.52. The van der Waals surface area contributed by atoms with E-state index in [4.69, 9.17) is 26.4 Å². The third-order valence-electron chi connectivity index (χ3n) is 8.40. The summed E-state index contributed by atoms with van der Waals surface area (Å²) >= 11 is 7.94. The zero-order valence-electron chi connectivity index (χ0n) is 26.0. The summed E-state index contributed by atoms with van der Waals surface area (Å²) < 4.78 is 9.45. The third-order valence-corrected chi connectivity index (χ3v) is 9.79. The Labute approximate surface area is 262 Å². The van der Waals surface area contributed by atoms with Crippen molar-refractivity contribution in [2.75, 3.05) is 20.1 Å². The molecular weight excluding hydrogens is 576 g/mol. The predicted octanol–water partition coefficient (Wildman–Crippen LogP) is 8.73. The van der Waals surface area contributed by atoms with Crippen LogP contribution in [0.4, 0.5) is 0 Å². The van der Waals surface area contributed by atoms with Gasteiger partial charge in [-0.25, -0.2) is 4.98 Å². The summed E-state index contributed by atoms with van der Waals surface area (Å²) in [4.78, 5) is 20.6. The van der Waals surface area contributed by atoms with E-state index >= 15 is 0 Å². The number of aromatic nitrogens is 3. The summed E-state index contributed by atoms with van der Waals surface area (Å²) in [5, 5.41) is 7.81. The van der Waals surface area contributed by atoms with Crippen molar-refractivity contribution < 1.29 is 9.53 Å². The molecule has 1 fully saturated rings. The number of nitrogens with zero attached hydrogens (tertiary/aromatic N) is 4. The zero-order chi connectivity index (χ0) is 30.6.